The van der Waals surface area contributed by atoms with E-state index in [1.54, 1.807) is 18.3 Å². The van der Waals surface area contributed by atoms with Crippen LogP contribution in [0.15, 0.2) is 30.5 Å². The number of aromatic nitrogens is 2. The van der Waals surface area contributed by atoms with Crippen LogP contribution >= 0.6 is 0 Å². The first-order chi connectivity index (χ1) is 8.24. The number of imidazole rings is 1. The van der Waals surface area contributed by atoms with Crippen LogP contribution in [-0.2, 0) is 13.1 Å². The fourth-order valence-corrected chi connectivity index (χ4v) is 1.58. The highest BCUT2D eigenvalue weighted by Gasteiger charge is 2.09. The van der Waals surface area contributed by atoms with Gasteiger partial charge in [-0.2, -0.15) is 0 Å². The summed E-state index contributed by atoms with van der Waals surface area (Å²) < 4.78 is 20.2. The molecule has 0 unspecified atom stereocenters. The van der Waals surface area contributed by atoms with Gasteiger partial charge in [0.25, 0.3) is 0 Å². The average Bonchev–Trinajstić information content (AvgIpc) is 2.74. The number of hydrogen-bond donors (Lipinski definition) is 1. The highest BCUT2D eigenvalue weighted by Crippen LogP contribution is 2.21. The van der Waals surface area contributed by atoms with Gasteiger partial charge in [-0.1, -0.05) is 0 Å². The van der Waals surface area contributed by atoms with Crippen molar-refractivity contribution in [1.29, 1.82) is 0 Å². The Labute approximate surface area is 98.8 Å². The lowest BCUT2D eigenvalue weighted by Gasteiger charge is -2.08. The van der Waals surface area contributed by atoms with Crippen molar-refractivity contribution >= 4 is 0 Å². The van der Waals surface area contributed by atoms with E-state index in [2.05, 4.69) is 4.98 Å². The summed E-state index contributed by atoms with van der Waals surface area (Å²) in [6, 6.07) is 6.29. The van der Waals surface area contributed by atoms with Gasteiger partial charge >= 0.3 is 6.01 Å². The van der Waals surface area contributed by atoms with E-state index in [9.17, 15) is 4.39 Å². The lowest BCUT2D eigenvalue weighted by Crippen LogP contribution is -2.07. The van der Waals surface area contributed by atoms with Crippen molar-refractivity contribution in [3.8, 4) is 11.8 Å². The third-order valence-electron chi connectivity index (χ3n) is 2.45. The summed E-state index contributed by atoms with van der Waals surface area (Å²) in [7, 11) is 0. The van der Waals surface area contributed by atoms with Gasteiger partial charge in [-0.3, -0.25) is 4.57 Å². The van der Waals surface area contributed by atoms with E-state index >= 15 is 0 Å². The Hall–Kier alpha value is -1.88. The largest absolute Gasteiger partial charge is 0.426 e. The molecule has 0 bridgehead atoms. The number of halogens is 1. The molecule has 2 N–H and O–H groups in total. The van der Waals surface area contributed by atoms with E-state index in [1.165, 1.54) is 12.1 Å². The van der Waals surface area contributed by atoms with Crippen LogP contribution < -0.4 is 10.5 Å². The van der Waals surface area contributed by atoms with Gasteiger partial charge in [0, 0.05) is 13.1 Å². The van der Waals surface area contributed by atoms with Crippen LogP contribution in [0.4, 0.5) is 4.39 Å². The van der Waals surface area contributed by atoms with Crippen LogP contribution in [0, 0.1) is 5.82 Å². The number of nitrogens with two attached hydrogens (primary N) is 1. The molecule has 0 saturated heterocycles. The molecule has 0 fully saturated rings. The van der Waals surface area contributed by atoms with Crippen LogP contribution in [0.2, 0.25) is 0 Å². The van der Waals surface area contributed by atoms with Gasteiger partial charge in [0.15, 0.2) is 0 Å². The smallest absolute Gasteiger partial charge is 0.302 e. The molecule has 0 saturated carbocycles. The van der Waals surface area contributed by atoms with Crippen LogP contribution in [0.3, 0.4) is 0 Å². The minimum Gasteiger partial charge on any atom is -0.426 e. The number of benzene rings is 1. The second-order valence-electron chi connectivity index (χ2n) is 3.54. The molecule has 0 radical (unpaired) electrons. The molecule has 5 heteroatoms. The number of nitrogens with zero attached hydrogens (tertiary/aromatic N) is 2. The Morgan fingerprint density at radius 2 is 2.06 bits per heavy atom. The Kier molecular flexibility index (Phi) is 3.39. The summed E-state index contributed by atoms with van der Waals surface area (Å²) in [6.07, 6.45) is 1.68. The topological polar surface area (TPSA) is 53.1 Å². The first-order valence-corrected chi connectivity index (χ1v) is 5.42. The van der Waals surface area contributed by atoms with Crippen molar-refractivity contribution in [3.63, 3.8) is 0 Å². The van der Waals surface area contributed by atoms with Crippen molar-refractivity contribution in [2.75, 3.05) is 0 Å². The van der Waals surface area contributed by atoms with Crippen LogP contribution in [0.5, 0.6) is 11.8 Å². The Morgan fingerprint density at radius 1 is 1.35 bits per heavy atom. The fraction of sp³-hybridized carbons (Fsp3) is 0.250. The molecule has 90 valence electrons. The van der Waals surface area contributed by atoms with Crippen LogP contribution in [-0.4, -0.2) is 9.55 Å². The van der Waals surface area contributed by atoms with Crippen molar-refractivity contribution in [2.45, 2.75) is 20.0 Å². The van der Waals surface area contributed by atoms with Gasteiger partial charge in [0.1, 0.15) is 11.6 Å². The highest BCUT2D eigenvalue weighted by molar-refractivity contribution is 5.26. The van der Waals surface area contributed by atoms with E-state index in [-0.39, 0.29) is 5.82 Å². The van der Waals surface area contributed by atoms with E-state index in [0.717, 1.165) is 12.2 Å². The van der Waals surface area contributed by atoms with Crippen LogP contribution in [0.1, 0.15) is 12.6 Å². The monoisotopic (exact) mass is 235 g/mol. The van der Waals surface area contributed by atoms with Gasteiger partial charge in [0.2, 0.25) is 0 Å². The second-order valence-corrected chi connectivity index (χ2v) is 3.54. The summed E-state index contributed by atoms with van der Waals surface area (Å²) in [5, 5.41) is 0. The summed E-state index contributed by atoms with van der Waals surface area (Å²) in [4.78, 5) is 4.14. The molecule has 1 aromatic carbocycles. The molecule has 0 atom stereocenters. The van der Waals surface area contributed by atoms with E-state index in [4.69, 9.17) is 10.5 Å². The zero-order valence-corrected chi connectivity index (χ0v) is 9.56. The maximum absolute atomic E-state index is 12.7. The van der Waals surface area contributed by atoms with E-state index in [1.807, 2.05) is 11.5 Å². The summed E-state index contributed by atoms with van der Waals surface area (Å²) in [5.74, 6) is 0.258. The van der Waals surface area contributed by atoms with Gasteiger partial charge in [0.05, 0.1) is 11.9 Å². The summed E-state index contributed by atoms with van der Waals surface area (Å²) >= 11 is 0. The molecular formula is C12H14FN3O. The predicted octanol–water partition coefficient (Wildman–Crippen LogP) is 2.29. The van der Waals surface area contributed by atoms with Gasteiger partial charge in [-0.05, 0) is 31.2 Å². The van der Waals surface area contributed by atoms with Crippen molar-refractivity contribution in [2.24, 2.45) is 5.73 Å². The highest BCUT2D eigenvalue weighted by atomic mass is 19.1. The SMILES string of the molecule is CCn1c(CN)cnc1Oc1ccc(F)cc1. The maximum Gasteiger partial charge on any atom is 0.302 e. The molecular weight excluding hydrogens is 221 g/mol. The quantitative estimate of drug-likeness (QED) is 0.884. The molecule has 0 amide bonds. The zero-order valence-electron chi connectivity index (χ0n) is 9.56. The van der Waals surface area contributed by atoms with Crippen molar-refractivity contribution < 1.29 is 9.13 Å². The third kappa shape index (κ3) is 2.45. The minimum absolute atomic E-state index is 0.293. The first-order valence-electron chi connectivity index (χ1n) is 5.42. The molecule has 0 aliphatic heterocycles. The summed E-state index contributed by atoms with van der Waals surface area (Å²) in [5.41, 5.74) is 6.49. The van der Waals surface area contributed by atoms with Crippen LogP contribution in [0.25, 0.3) is 0 Å². The van der Waals surface area contributed by atoms with Crippen molar-refractivity contribution in [1.82, 2.24) is 9.55 Å². The zero-order chi connectivity index (χ0) is 12.3. The molecule has 0 aliphatic rings. The Bertz CT molecular complexity index is 493. The lowest BCUT2D eigenvalue weighted by molar-refractivity contribution is 0.411. The Balaban J connectivity index is 2.23. The molecule has 0 aliphatic carbocycles. The summed E-state index contributed by atoms with van der Waals surface area (Å²) in [6.45, 7) is 3.12. The molecule has 2 aromatic rings. The second kappa shape index (κ2) is 4.97. The van der Waals surface area contributed by atoms with Gasteiger partial charge in [-0.15, -0.1) is 0 Å². The maximum atomic E-state index is 12.7. The number of rotatable bonds is 4. The normalized spacial score (nSPS) is 10.5. The third-order valence-corrected chi connectivity index (χ3v) is 2.45. The van der Waals surface area contributed by atoms with Gasteiger partial charge in [-0.25, -0.2) is 9.37 Å². The molecule has 1 aromatic heterocycles. The average molecular weight is 235 g/mol. The van der Waals surface area contributed by atoms with Crippen molar-refractivity contribution in [3.05, 3.63) is 42.0 Å². The number of hydrogen-bond acceptors (Lipinski definition) is 3. The first kappa shape index (κ1) is 11.6. The van der Waals surface area contributed by atoms with E-state index < -0.39 is 0 Å². The molecule has 17 heavy (non-hydrogen) atoms. The van der Waals surface area contributed by atoms with Gasteiger partial charge < -0.3 is 10.5 Å². The molecule has 4 nitrogen and oxygen atoms in total. The molecule has 2 rings (SSSR count). The molecule has 1 heterocycles. The molecule has 0 spiro atoms. The predicted molar refractivity (Wildman–Crippen MR) is 62.3 cm³/mol. The number of ether oxygens (including phenoxy) is 1. The lowest BCUT2D eigenvalue weighted by atomic mass is 10.3. The Morgan fingerprint density at radius 3 is 2.65 bits per heavy atom. The standard InChI is InChI=1S/C12H14FN3O/c1-2-16-10(7-14)8-15-12(16)17-11-5-3-9(13)4-6-11/h3-6,8H,2,7,14H2,1H3. The minimum atomic E-state index is -0.293. The fourth-order valence-electron chi connectivity index (χ4n) is 1.58. The van der Waals surface area contributed by atoms with E-state index in [0.29, 0.717) is 18.3 Å².